The van der Waals surface area contributed by atoms with Crippen molar-refractivity contribution in [3.63, 3.8) is 0 Å². The summed E-state index contributed by atoms with van der Waals surface area (Å²) in [6.07, 6.45) is 0. The maximum Gasteiger partial charge on any atom is 0.325 e. The van der Waals surface area contributed by atoms with Crippen molar-refractivity contribution in [1.82, 2.24) is 14.9 Å². The molecule has 2 heterocycles. The van der Waals surface area contributed by atoms with E-state index < -0.39 is 5.69 Å². The molecule has 1 atom stereocenters. The summed E-state index contributed by atoms with van der Waals surface area (Å²) in [6, 6.07) is 13.9. The average Bonchev–Trinajstić information content (AvgIpc) is 2.69. The van der Waals surface area contributed by atoms with E-state index in [1.165, 1.54) is 12.1 Å². The van der Waals surface area contributed by atoms with Crippen molar-refractivity contribution in [1.29, 1.82) is 0 Å². The summed E-state index contributed by atoms with van der Waals surface area (Å²) in [5, 5.41) is 0. The van der Waals surface area contributed by atoms with Crippen LogP contribution in [0.2, 0.25) is 0 Å². The first kappa shape index (κ1) is 18.2. The molecule has 2 N–H and O–H groups in total. The van der Waals surface area contributed by atoms with E-state index >= 15 is 0 Å². The van der Waals surface area contributed by atoms with Crippen LogP contribution in [0, 0.1) is 5.82 Å². The van der Waals surface area contributed by atoms with Gasteiger partial charge >= 0.3 is 5.69 Å². The number of ether oxygens (including phenoxy) is 1. The van der Waals surface area contributed by atoms with E-state index in [1.807, 2.05) is 24.3 Å². The molecule has 1 aromatic heterocycles. The second-order valence-corrected chi connectivity index (χ2v) is 6.92. The van der Waals surface area contributed by atoms with E-state index in [-0.39, 0.29) is 17.3 Å². The second kappa shape index (κ2) is 7.44. The molecule has 2 aromatic carbocycles. The van der Waals surface area contributed by atoms with Crippen LogP contribution in [-0.4, -0.2) is 28.5 Å². The van der Waals surface area contributed by atoms with E-state index in [0.29, 0.717) is 30.9 Å². The predicted octanol–water partition coefficient (Wildman–Crippen LogP) is 2.36. The topological polar surface area (TPSA) is 78.2 Å². The summed E-state index contributed by atoms with van der Waals surface area (Å²) < 4.78 is 18.6. The predicted molar refractivity (Wildman–Crippen MR) is 103 cm³/mol. The second-order valence-electron chi connectivity index (χ2n) is 6.92. The van der Waals surface area contributed by atoms with E-state index in [4.69, 9.17) is 4.74 Å². The van der Waals surface area contributed by atoms with Crippen LogP contribution in [0.15, 0.2) is 58.1 Å². The lowest BCUT2D eigenvalue weighted by Crippen LogP contribution is -2.41. The number of methoxy groups -OCH3 is 1. The first-order chi connectivity index (χ1) is 13.5. The Kier molecular flexibility index (Phi) is 4.83. The molecular formula is C21H20FN3O3. The van der Waals surface area contributed by atoms with Gasteiger partial charge in [0.25, 0.3) is 5.56 Å². The Morgan fingerprint density at radius 3 is 2.46 bits per heavy atom. The summed E-state index contributed by atoms with van der Waals surface area (Å²) in [4.78, 5) is 31.5. The van der Waals surface area contributed by atoms with Crippen molar-refractivity contribution in [2.24, 2.45) is 0 Å². The maximum atomic E-state index is 13.4. The SMILES string of the molecule is COc1ccc(CN2Cc3c([nH]c(=O)[nH]c3=O)C(c3ccc(F)cc3)C2)cc1. The molecule has 0 fully saturated rings. The fourth-order valence-corrected chi connectivity index (χ4v) is 3.70. The molecule has 7 heteroatoms. The van der Waals surface area contributed by atoms with Gasteiger partial charge in [0.2, 0.25) is 0 Å². The van der Waals surface area contributed by atoms with E-state index in [1.54, 1.807) is 19.2 Å². The number of hydrogen-bond acceptors (Lipinski definition) is 4. The number of hydrogen-bond donors (Lipinski definition) is 2. The third-order valence-electron chi connectivity index (χ3n) is 5.08. The highest BCUT2D eigenvalue weighted by Gasteiger charge is 2.29. The Labute approximate surface area is 160 Å². The van der Waals surface area contributed by atoms with Gasteiger partial charge in [0.05, 0.1) is 12.7 Å². The quantitative estimate of drug-likeness (QED) is 0.727. The number of aromatic amines is 2. The largest absolute Gasteiger partial charge is 0.497 e. The molecule has 4 rings (SSSR count). The van der Waals surface area contributed by atoms with Gasteiger partial charge in [-0.1, -0.05) is 24.3 Å². The highest BCUT2D eigenvalue weighted by molar-refractivity contribution is 5.35. The monoisotopic (exact) mass is 381 g/mol. The maximum absolute atomic E-state index is 13.4. The molecule has 1 aliphatic rings. The van der Waals surface area contributed by atoms with Crippen LogP contribution in [0.4, 0.5) is 4.39 Å². The number of halogens is 1. The minimum Gasteiger partial charge on any atom is -0.497 e. The van der Waals surface area contributed by atoms with Gasteiger partial charge in [-0.15, -0.1) is 0 Å². The van der Waals surface area contributed by atoms with Gasteiger partial charge in [-0.25, -0.2) is 9.18 Å². The molecule has 6 nitrogen and oxygen atoms in total. The lowest BCUT2D eigenvalue weighted by atomic mass is 9.88. The van der Waals surface area contributed by atoms with Gasteiger partial charge in [-0.05, 0) is 35.4 Å². The van der Waals surface area contributed by atoms with Crippen LogP contribution in [0.5, 0.6) is 5.75 Å². The molecule has 0 amide bonds. The number of nitrogens with one attached hydrogen (secondary N) is 2. The van der Waals surface area contributed by atoms with Crippen LogP contribution in [-0.2, 0) is 13.1 Å². The molecule has 0 radical (unpaired) electrons. The third kappa shape index (κ3) is 3.61. The number of aromatic nitrogens is 2. The molecule has 0 saturated carbocycles. The average molecular weight is 381 g/mol. The van der Waals surface area contributed by atoms with Crippen LogP contribution in [0.3, 0.4) is 0 Å². The van der Waals surface area contributed by atoms with Gasteiger partial charge in [0.15, 0.2) is 0 Å². The van der Waals surface area contributed by atoms with E-state index in [9.17, 15) is 14.0 Å². The molecule has 1 unspecified atom stereocenters. The van der Waals surface area contributed by atoms with Crippen LogP contribution in [0.25, 0.3) is 0 Å². The normalized spacial score (nSPS) is 16.6. The van der Waals surface area contributed by atoms with Crippen molar-refractivity contribution in [2.45, 2.75) is 19.0 Å². The van der Waals surface area contributed by atoms with Crippen molar-refractivity contribution < 1.29 is 9.13 Å². The van der Waals surface area contributed by atoms with E-state index in [0.717, 1.165) is 16.9 Å². The van der Waals surface area contributed by atoms with E-state index in [2.05, 4.69) is 14.9 Å². The van der Waals surface area contributed by atoms with Gasteiger partial charge in [0.1, 0.15) is 11.6 Å². The molecular weight excluding hydrogens is 361 g/mol. The smallest absolute Gasteiger partial charge is 0.325 e. The first-order valence-electron chi connectivity index (χ1n) is 8.99. The minimum absolute atomic E-state index is 0.224. The first-order valence-corrected chi connectivity index (χ1v) is 8.99. The number of H-pyrrole nitrogens is 2. The lowest BCUT2D eigenvalue weighted by molar-refractivity contribution is 0.227. The number of nitrogens with zero attached hydrogens (tertiary/aromatic N) is 1. The number of fused-ring (bicyclic) bond motifs is 1. The van der Waals surface area contributed by atoms with Gasteiger partial charge in [-0.3, -0.25) is 14.7 Å². The molecule has 28 heavy (non-hydrogen) atoms. The summed E-state index contributed by atoms with van der Waals surface area (Å²) >= 11 is 0. The highest BCUT2D eigenvalue weighted by atomic mass is 19.1. The lowest BCUT2D eigenvalue weighted by Gasteiger charge is -2.34. The molecule has 3 aromatic rings. The Morgan fingerprint density at radius 1 is 1.07 bits per heavy atom. The number of benzene rings is 2. The summed E-state index contributed by atoms with van der Waals surface area (Å²) in [7, 11) is 1.62. The third-order valence-corrected chi connectivity index (χ3v) is 5.08. The van der Waals surface area contributed by atoms with Gasteiger partial charge in [-0.2, -0.15) is 0 Å². The van der Waals surface area contributed by atoms with Gasteiger partial charge < -0.3 is 9.72 Å². The highest BCUT2D eigenvalue weighted by Crippen LogP contribution is 2.31. The Morgan fingerprint density at radius 2 is 1.79 bits per heavy atom. The summed E-state index contributed by atoms with van der Waals surface area (Å²) in [6.45, 7) is 1.66. The van der Waals surface area contributed by atoms with Crippen LogP contribution < -0.4 is 16.0 Å². The zero-order valence-electron chi connectivity index (χ0n) is 15.4. The zero-order chi connectivity index (χ0) is 19.7. The van der Waals surface area contributed by atoms with Crippen molar-refractivity contribution >= 4 is 0 Å². The fraction of sp³-hybridized carbons (Fsp3) is 0.238. The zero-order valence-corrected chi connectivity index (χ0v) is 15.4. The van der Waals surface area contributed by atoms with Crippen molar-refractivity contribution in [3.05, 3.63) is 97.6 Å². The standard InChI is InChI=1S/C21H20FN3O3/c1-28-16-8-2-13(3-9-16)10-25-11-17(14-4-6-15(22)7-5-14)19-18(12-25)20(26)24-21(27)23-19/h2-9,17H,10-12H2,1H3,(H2,23,24,26,27). The van der Waals surface area contributed by atoms with Crippen LogP contribution >= 0.6 is 0 Å². The molecule has 0 spiro atoms. The van der Waals surface area contributed by atoms with Crippen molar-refractivity contribution in [2.75, 3.05) is 13.7 Å². The van der Waals surface area contributed by atoms with Crippen molar-refractivity contribution in [3.8, 4) is 5.75 Å². The number of rotatable bonds is 4. The summed E-state index contributed by atoms with van der Waals surface area (Å²) in [5.74, 6) is 0.234. The molecule has 0 aliphatic carbocycles. The minimum atomic E-state index is -0.528. The Balaban J connectivity index is 1.70. The molecule has 1 aliphatic heterocycles. The summed E-state index contributed by atoms with van der Waals surface area (Å²) in [5.41, 5.74) is 2.16. The Bertz CT molecular complexity index is 1090. The fourth-order valence-electron chi connectivity index (χ4n) is 3.70. The Hall–Kier alpha value is -3.19. The molecule has 0 bridgehead atoms. The molecule has 144 valence electrons. The van der Waals surface area contributed by atoms with Gasteiger partial charge in [0, 0.05) is 31.2 Å². The molecule has 0 saturated heterocycles. The van der Waals surface area contributed by atoms with Crippen LogP contribution in [0.1, 0.15) is 28.3 Å².